The highest BCUT2D eigenvalue weighted by molar-refractivity contribution is 7.98. The topological polar surface area (TPSA) is 56.0 Å². The maximum absolute atomic E-state index is 11.7. The fraction of sp³-hybridized carbons (Fsp3) is 0.188. The van der Waals surface area contributed by atoms with Gasteiger partial charge < -0.3 is 4.42 Å². The van der Waals surface area contributed by atoms with Gasteiger partial charge in [-0.05, 0) is 29.7 Å². The molecule has 0 aliphatic rings. The lowest BCUT2D eigenvalue weighted by atomic mass is 10.1. The van der Waals surface area contributed by atoms with Crippen LogP contribution in [0.1, 0.15) is 18.1 Å². The van der Waals surface area contributed by atoms with Crippen LogP contribution in [0, 0.1) is 0 Å². The number of thioether (sulfide) groups is 1. The number of aromatic nitrogens is 2. The molecular weight excluding hydrogens is 284 g/mol. The number of benzene rings is 1. The summed E-state index contributed by atoms with van der Waals surface area (Å²) in [5.74, 6) is 0.636. The summed E-state index contributed by atoms with van der Waals surface area (Å²) in [5.41, 5.74) is 2.43. The van der Waals surface area contributed by atoms with Gasteiger partial charge in [-0.3, -0.25) is 0 Å². The Hall–Kier alpha value is -2.14. The van der Waals surface area contributed by atoms with Crippen LogP contribution in [-0.2, 0) is 12.2 Å². The third-order valence-corrected chi connectivity index (χ3v) is 4.13. The summed E-state index contributed by atoms with van der Waals surface area (Å²) in [6.45, 7) is 2.08. The van der Waals surface area contributed by atoms with E-state index in [1.165, 1.54) is 11.8 Å². The molecule has 0 saturated carbocycles. The Labute approximate surface area is 126 Å². The fourth-order valence-corrected chi connectivity index (χ4v) is 2.91. The Kier molecular flexibility index (Phi) is 4.01. The van der Waals surface area contributed by atoms with Gasteiger partial charge in [0.25, 0.3) is 0 Å². The molecule has 5 heteroatoms. The Balaban J connectivity index is 1.96. The van der Waals surface area contributed by atoms with Crippen LogP contribution in [-0.4, -0.2) is 9.97 Å². The van der Waals surface area contributed by atoms with Crippen LogP contribution in [0.5, 0.6) is 0 Å². The van der Waals surface area contributed by atoms with E-state index in [0.29, 0.717) is 16.5 Å². The van der Waals surface area contributed by atoms with Gasteiger partial charge in [0.15, 0.2) is 5.16 Å². The van der Waals surface area contributed by atoms with Crippen molar-refractivity contribution in [1.29, 1.82) is 0 Å². The number of nitrogens with zero attached hydrogens (tertiary/aromatic N) is 2. The van der Waals surface area contributed by atoms with Gasteiger partial charge in [-0.2, -0.15) is 0 Å². The first kappa shape index (κ1) is 13.8. The fourth-order valence-electron chi connectivity index (χ4n) is 2.12. The second-order valence-corrected chi connectivity index (χ2v) is 5.54. The molecule has 1 aromatic carbocycles. The average molecular weight is 298 g/mol. The number of fused-ring (bicyclic) bond motifs is 1. The van der Waals surface area contributed by atoms with Gasteiger partial charge >= 0.3 is 5.63 Å². The molecule has 0 spiro atoms. The molecule has 106 valence electrons. The minimum Gasteiger partial charge on any atom is -0.423 e. The molecule has 0 fully saturated rings. The van der Waals surface area contributed by atoms with Crippen molar-refractivity contribution in [2.24, 2.45) is 0 Å². The second-order valence-electron chi connectivity index (χ2n) is 4.59. The van der Waals surface area contributed by atoms with E-state index in [-0.39, 0.29) is 5.63 Å². The first-order valence-corrected chi connectivity index (χ1v) is 7.70. The van der Waals surface area contributed by atoms with E-state index < -0.39 is 0 Å². The van der Waals surface area contributed by atoms with Crippen LogP contribution in [0.2, 0.25) is 0 Å². The van der Waals surface area contributed by atoms with Crippen molar-refractivity contribution < 1.29 is 4.42 Å². The first-order chi connectivity index (χ1) is 10.3. The predicted molar refractivity (Wildman–Crippen MR) is 83.5 cm³/mol. The SMILES string of the molecule is CCc1ccc2c(CSc3ncccn3)cc(=O)oc2c1. The van der Waals surface area contributed by atoms with E-state index in [9.17, 15) is 4.79 Å². The molecule has 0 radical (unpaired) electrons. The van der Waals surface area contributed by atoms with Gasteiger partial charge in [0.2, 0.25) is 0 Å². The highest BCUT2D eigenvalue weighted by Gasteiger charge is 2.07. The van der Waals surface area contributed by atoms with E-state index >= 15 is 0 Å². The van der Waals surface area contributed by atoms with Crippen molar-refractivity contribution in [3.8, 4) is 0 Å². The van der Waals surface area contributed by atoms with Gasteiger partial charge in [-0.25, -0.2) is 14.8 Å². The van der Waals surface area contributed by atoms with Gasteiger partial charge in [-0.1, -0.05) is 30.8 Å². The number of hydrogen-bond donors (Lipinski definition) is 0. The molecule has 0 bridgehead atoms. The third kappa shape index (κ3) is 3.13. The van der Waals surface area contributed by atoms with Crippen molar-refractivity contribution in [3.63, 3.8) is 0 Å². The maximum atomic E-state index is 11.7. The normalized spacial score (nSPS) is 10.9. The molecule has 0 unspecified atom stereocenters. The molecule has 0 aliphatic heterocycles. The van der Waals surface area contributed by atoms with Crippen LogP contribution < -0.4 is 5.63 Å². The van der Waals surface area contributed by atoms with E-state index in [1.54, 1.807) is 24.5 Å². The van der Waals surface area contributed by atoms with E-state index in [2.05, 4.69) is 23.0 Å². The molecule has 0 N–H and O–H groups in total. The standard InChI is InChI=1S/C16H14N2O2S/c1-2-11-4-5-13-12(9-15(19)20-14(13)8-11)10-21-16-17-6-3-7-18-16/h3-9H,2,10H2,1H3. The Morgan fingerprint density at radius 2 is 2.00 bits per heavy atom. The summed E-state index contributed by atoms with van der Waals surface area (Å²) in [6, 6.07) is 9.34. The minimum atomic E-state index is -0.319. The second kappa shape index (κ2) is 6.10. The summed E-state index contributed by atoms with van der Waals surface area (Å²) in [5, 5.41) is 1.67. The highest BCUT2D eigenvalue weighted by atomic mass is 32.2. The van der Waals surface area contributed by atoms with E-state index in [1.807, 2.05) is 12.1 Å². The molecule has 0 amide bonds. The zero-order valence-electron chi connectivity index (χ0n) is 11.6. The monoisotopic (exact) mass is 298 g/mol. The Morgan fingerprint density at radius 1 is 1.19 bits per heavy atom. The largest absolute Gasteiger partial charge is 0.423 e. The van der Waals surface area contributed by atoms with Crippen LogP contribution >= 0.6 is 11.8 Å². The summed E-state index contributed by atoms with van der Waals surface area (Å²) in [4.78, 5) is 20.1. The Bertz CT molecular complexity index is 815. The van der Waals surface area contributed by atoms with Crippen LogP contribution in [0.4, 0.5) is 0 Å². The molecule has 2 aromatic heterocycles. The van der Waals surface area contributed by atoms with Crippen LogP contribution in [0.15, 0.2) is 57.1 Å². The molecule has 2 heterocycles. The van der Waals surface area contributed by atoms with E-state index in [4.69, 9.17) is 4.42 Å². The van der Waals surface area contributed by atoms with Gasteiger partial charge in [0.05, 0.1) is 0 Å². The Morgan fingerprint density at radius 3 is 2.76 bits per heavy atom. The lowest BCUT2D eigenvalue weighted by Gasteiger charge is -2.06. The van der Waals surface area contributed by atoms with Gasteiger partial charge in [0, 0.05) is 29.6 Å². The molecule has 3 rings (SSSR count). The lowest BCUT2D eigenvalue weighted by molar-refractivity contribution is 0.559. The third-order valence-electron chi connectivity index (χ3n) is 3.20. The highest BCUT2D eigenvalue weighted by Crippen LogP contribution is 2.25. The quantitative estimate of drug-likeness (QED) is 0.419. The summed E-state index contributed by atoms with van der Waals surface area (Å²) in [7, 11) is 0. The first-order valence-electron chi connectivity index (χ1n) is 6.72. The van der Waals surface area contributed by atoms with Gasteiger partial charge in [-0.15, -0.1) is 0 Å². The lowest BCUT2D eigenvalue weighted by Crippen LogP contribution is -2.00. The zero-order valence-corrected chi connectivity index (χ0v) is 12.4. The molecule has 0 aliphatic carbocycles. The van der Waals surface area contributed by atoms with Gasteiger partial charge in [0.1, 0.15) is 5.58 Å². The van der Waals surface area contributed by atoms with Crippen molar-refractivity contribution in [2.45, 2.75) is 24.3 Å². The van der Waals surface area contributed by atoms with Crippen molar-refractivity contribution >= 4 is 22.7 Å². The zero-order chi connectivity index (χ0) is 14.7. The maximum Gasteiger partial charge on any atom is 0.336 e. The van der Waals surface area contributed by atoms with Crippen molar-refractivity contribution in [2.75, 3.05) is 0 Å². The molecule has 21 heavy (non-hydrogen) atoms. The van der Waals surface area contributed by atoms with Crippen LogP contribution in [0.3, 0.4) is 0 Å². The van der Waals surface area contributed by atoms with Crippen LogP contribution in [0.25, 0.3) is 11.0 Å². The number of rotatable bonds is 4. The smallest absolute Gasteiger partial charge is 0.336 e. The molecular formula is C16H14N2O2S. The molecule has 3 aromatic rings. The summed E-state index contributed by atoms with van der Waals surface area (Å²) in [6.07, 6.45) is 4.33. The molecule has 4 nitrogen and oxygen atoms in total. The predicted octanol–water partition coefficient (Wildman–Crippen LogP) is 3.44. The van der Waals surface area contributed by atoms with E-state index in [0.717, 1.165) is 22.9 Å². The van der Waals surface area contributed by atoms with Crippen molar-refractivity contribution in [3.05, 3.63) is 64.3 Å². The molecule has 0 atom stereocenters. The number of aryl methyl sites for hydroxylation is 1. The van der Waals surface area contributed by atoms with Crippen molar-refractivity contribution in [1.82, 2.24) is 9.97 Å². The number of hydrogen-bond acceptors (Lipinski definition) is 5. The average Bonchev–Trinajstić information content (AvgIpc) is 2.52. The summed E-state index contributed by atoms with van der Waals surface area (Å²) >= 11 is 1.50. The molecule has 0 saturated heterocycles. The minimum absolute atomic E-state index is 0.319. The summed E-state index contributed by atoms with van der Waals surface area (Å²) < 4.78 is 5.30.